The summed E-state index contributed by atoms with van der Waals surface area (Å²) in [5, 5.41) is 7.83. The third-order valence-electron chi connectivity index (χ3n) is 2.96. The quantitative estimate of drug-likeness (QED) is 0.673. The Kier molecular flexibility index (Phi) is 4.95. The number of amides is 1. The SMILES string of the molecule is CSc1nc(C)cc(C(=O)NCCn2nc(C)cc2C)n1. The Hall–Kier alpha value is -1.89. The van der Waals surface area contributed by atoms with E-state index in [1.165, 1.54) is 11.8 Å². The van der Waals surface area contributed by atoms with Crippen molar-refractivity contribution in [1.82, 2.24) is 25.1 Å². The van der Waals surface area contributed by atoms with Crippen molar-refractivity contribution < 1.29 is 4.79 Å². The summed E-state index contributed by atoms with van der Waals surface area (Å²) in [6.45, 7) is 6.97. The minimum absolute atomic E-state index is 0.183. The second kappa shape index (κ2) is 6.71. The van der Waals surface area contributed by atoms with Gasteiger partial charge in [0.05, 0.1) is 12.2 Å². The lowest BCUT2D eigenvalue weighted by Gasteiger charge is -2.07. The molecule has 0 aromatic carbocycles. The molecule has 0 radical (unpaired) electrons. The van der Waals surface area contributed by atoms with Crippen molar-refractivity contribution in [2.45, 2.75) is 32.5 Å². The van der Waals surface area contributed by atoms with Crippen molar-refractivity contribution >= 4 is 17.7 Å². The van der Waals surface area contributed by atoms with Crippen LogP contribution in [0.15, 0.2) is 17.3 Å². The molecule has 0 unspecified atom stereocenters. The molecule has 1 N–H and O–H groups in total. The van der Waals surface area contributed by atoms with Crippen molar-refractivity contribution in [3.63, 3.8) is 0 Å². The summed E-state index contributed by atoms with van der Waals surface area (Å²) < 4.78 is 1.88. The second-order valence-electron chi connectivity index (χ2n) is 4.79. The van der Waals surface area contributed by atoms with Crippen LogP contribution in [0, 0.1) is 20.8 Å². The number of aryl methyl sites for hydroxylation is 3. The number of rotatable bonds is 5. The van der Waals surface area contributed by atoms with Crippen molar-refractivity contribution in [2.75, 3.05) is 12.8 Å². The molecule has 2 aromatic rings. The average molecular weight is 305 g/mol. The summed E-state index contributed by atoms with van der Waals surface area (Å²) in [5.74, 6) is -0.183. The van der Waals surface area contributed by atoms with E-state index in [4.69, 9.17) is 0 Å². The van der Waals surface area contributed by atoms with E-state index < -0.39 is 0 Å². The molecule has 21 heavy (non-hydrogen) atoms. The van der Waals surface area contributed by atoms with E-state index in [0.717, 1.165) is 17.1 Å². The van der Waals surface area contributed by atoms with Crippen LogP contribution in [0.5, 0.6) is 0 Å². The number of aromatic nitrogens is 4. The Morgan fingerprint density at radius 2 is 2.00 bits per heavy atom. The van der Waals surface area contributed by atoms with Crippen LogP contribution in [0.1, 0.15) is 27.6 Å². The number of carbonyl (C=O) groups is 1. The lowest BCUT2D eigenvalue weighted by molar-refractivity contribution is 0.0945. The van der Waals surface area contributed by atoms with Gasteiger partial charge in [0.1, 0.15) is 5.69 Å². The van der Waals surface area contributed by atoms with Crippen molar-refractivity contribution in [3.8, 4) is 0 Å². The molecule has 0 saturated carbocycles. The molecule has 0 saturated heterocycles. The van der Waals surface area contributed by atoms with Gasteiger partial charge in [0.15, 0.2) is 5.16 Å². The number of hydrogen-bond acceptors (Lipinski definition) is 5. The summed E-state index contributed by atoms with van der Waals surface area (Å²) in [7, 11) is 0. The fourth-order valence-corrected chi connectivity index (χ4v) is 2.44. The zero-order chi connectivity index (χ0) is 15.4. The van der Waals surface area contributed by atoms with Gasteiger partial charge in [-0.1, -0.05) is 11.8 Å². The van der Waals surface area contributed by atoms with Crippen molar-refractivity contribution in [2.24, 2.45) is 0 Å². The van der Waals surface area contributed by atoms with Crippen LogP contribution < -0.4 is 5.32 Å². The Morgan fingerprint density at radius 3 is 2.62 bits per heavy atom. The molecule has 2 heterocycles. The molecule has 2 rings (SSSR count). The van der Waals surface area contributed by atoms with E-state index >= 15 is 0 Å². The van der Waals surface area contributed by atoms with Gasteiger partial charge in [0.25, 0.3) is 5.91 Å². The number of thioether (sulfide) groups is 1. The van der Waals surface area contributed by atoms with Crippen LogP contribution in [0.2, 0.25) is 0 Å². The van der Waals surface area contributed by atoms with Gasteiger partial charge in [0, 0.05) is 17.9 Å². The molecule has 0 aliphatic heterocycles. The highest BCUT2D eigenvalue weighted by Gasteiger charge is 2.10. The zero-order valence-electron chi connectivity index (χ0n) is 12.7. The average Bonchev–Trinajstić information content (AvgIpc) is 2.76. The first-order valence-electron chi connectivity index (χ1n) is 6.68. The lowest BCUT2D eigenvalue weighted by Crippen LogP contribution is -2.28. The number of carbonyl (C=O) groups excluding carboxylic acids is 1. The second-order valence-corrected chi connectivity index (χ2v) is 5.56. The molecule has 2 aromatic heterocycles. The Balaban J connectivity index is 1.96. The maximum absolute atomic E-state index is 12.1. The normalized spacial score (nSPS) is 10.7. The van der Waals surface area contributed by atoms with Crippen LogP contribution >= 0.6 is 11.8 Å². The molecule has 0 spiro atoms. The molecule has 112 valence electrons. The van der Waals surface area contributed by atoms with Gasteiger partial charge in [0.2, 0.25) is 0 Å². The van der Waals surface area contributed by atoms with Crippen LogP contribution in [0.3, 0.4) is 0 Å². The van der Waals surface area contributed by atoms with E-state index in [1.807, 2.05) is 37.8 Å². The summed E-state index contributed by atoms with van der Waals surface area (Å²) in [6.07, 6.45) is 1.89. The van der Waals surface area contributed by atoms with Gasteiger partial charge in [-0.25, -0.2) is 9.97 Å². The predicted molar refractivity (Wildman–Crippen MR) is 82.6 cm³/mol. The van der Waals surface area contributed by atoms with E-state index in [2.05, 4.69) is 20.4 Å². The minimum atomic E-state index is -0.183. The molecular weight excluding hydrogens is 286 g/mol. The van der Waals surface area contributed by atoms with Crippen LogP contribution in [-0.4, -0.2) is 38.5 Å². The van der Waals surface area contributed by atoms with Gasteiger partial charge in [-0.05, 0) is 39.2 Å². The molecule has 7 heteroatoms. The predicted octanol–water partition coefficient (Wildman–Crippen LogP) is 1.75. The van der Waals surface area contributed by atoms with E-state index in [9.17, 15) is 4.79 Å². The first kappa shape index (κ1) is 15.5. The molecule has 1 amide bonds. The third-order valence-corrected chi connectivity index (χ3v) is 3.51. The number of hydrogen-bond donors (Lipinski definition) is 1. The van der Waals surface area contributed by atoms with Gasteiger partial charge in [-0.2, -0.15) is 5.10 Å². The van der Waals surface area contributed by atoms with Crippen molar-refractivity contribution in [1.29, 1.82) is 0 Å². The third kappa shape index (κ3) is 4.04. The van der Waals surface area contributed by atoms with Gasteiger partial charge < -0.3 is 5.32 Å². The standard InChI is InChI=1S/C14H19N5OS/c1-9-8-12(17-14(16-9)21-4)13(20)15-5-6-19-11(3)7-10(2)18-19/h7-8H,5-6H2,1-4H3,(H,15,20). The molecule has 0 bridgehead atoms. The monoisotopic (exact) mass is 305 g/mol. The highest BCUT2D eigenvalue weighted by molar-refractivity contribution is 7.98. The van der Waals surface area contributed by atoms with E-state index in [1.54, 1.807) is 6.07 Å². The number of nitrogens with zero attached hydrogens (tertiary/aromatic N) is 4. The fraction of sp³-hybridized carbons (Fsp3) is 0.429. The van der Waals surface area contributed by atoms with Gasteiger partial charge in [-0.15, -0.1) is 0 Å². The van der Waals surface area contributed by atoms with Crippen molar-refractivity contribution in [3.05, 3.63) is 34.9 Å². The Labute approximate surface area is 128 Å². The highest BCUT2D eigenvalue weighted by Crippen LogP contribution is 2.10. The Morgan fingerprint density at radius 1 is 1.24 bits per heavy atom. The van der Waals surface area contributed by atoms with E-state index in [-0.39, 0.29) is 5.91 Å². The maximum atomic E-state index is 12.1. The first-order valence-corrected chi connectivity index (χ1v) is 7.91. The fourth-order valence-electron chi connectivity index (χ4n) is 2.02. The van der Waals surface area contributed by atoms with Crippen LogP contribution in [0.4, 0.5) is 0 Å². The summed E-state index contributed by atoms with van der Waals surface area (Å²) in [5.41, 5.74) is 3.26. The molecular formula is C14H19N5OS. The molecule has 0 fully saturated rings. The summed E-state index contributed by atoms with van der Waals surface area (Å²) >= 11 is 1.42. The number of nitrogens with one attached hydrogen (secondary N) is 1. The van der Waals surface area contributed by atoms with Gasteiger partial charge in [-0.3, -0.25) is 9.48 Å². The lowest BCUT2D eigenvalue weighted by atomic mass is 10.3. The summed E-state index contributed by atoms with van der Waals surface area (Å²) in [4.78, 5) is 20.6. The topological polar surface area (TPSA) is 72.7 Å². The molecule has 0 aliphatic rings. The summed E-state index contributed by atoms with van der Waals surface area (Å²) in [6, 6.07) is 3.71. The molecule has 6 nitrogen and oxygen atoms in total. The molecule has 0 atom stereocenters. The van der Waals surface area contributed by atoms with Crippen LogP contribution in [0.25, 0.3) is 0 Å². The molecule has 0 aliphatic carbocycles. The largest absolute Gasteiger partial charge is 0.349 e. The van der Waals surface area contributed by atoms with Crippen LogP contribution in [-0.2, 0) is 6.54 Å². The highest BCUT2D eigenvalue weighted by atomic mass is 32.2. The van der Waals surface area contributed by atoms with E-state index in [0.29, 0.717) is 23.9 Å². The first-order chi connectivity index (χ1) is 9.99. The Bertz CT molecular complexity index is 653. The smallest absolute Gasteiger partial charge is 0.270 e. The zero-order valence-corrected chi connectivity index (χ0v) is 13.5. The maximum Gasteiger partial charge on any atom is 0.270 e. The minimum Gasteiger partial charge on any atom is -0.349 e. The van der Waals surface area contributed by atoms with Gasteiger partial charge >= 0.3 is 0 Å².